The maximum absolute atomic E-state index is 11.3. The van der Waals surface area contributed by atoms with E-state index in [1.807, 2.05) is 0 Å². The van der Waals surface area contributed by atoms with Gasteiger partial charge < -0.3 is 9.15 Å². The van der Waals surface area contributed by atoms with Crippen molar-refractivity contribution < 1.29 is 13.9 Å². The monoisotopic (exact) mass is 209 g/mol. The Bertz CT molecular complexity index is 313. The molecule has 4 heteroatoms. The van der Waals surface area contributed by atoms with E-state index >= 15 is 0 Å². The Kier molecular flexibility index (Phi) is 3.04. The molecule has 1 fully saturated rings. The highest BCUT2D eigenvalue weighted by Gasteiger charge is 2.29. The second-order valence-corrected chi connectivity index (χ2v) is 3.94. The number of esters is 1. The molecule has 1 aliphatic rings. The fourth-order valence-corrected chi connectivity index (χ4v) is 2.18. The molecule has 15 heavy (non-hydrogen) atoms. The van der Waals surface area contributed by atoms with E-state index in [-0.39, 0.29) is 11.9 Å². The molecule has 1 aromatic heterocycles. The number of aromatic nitrogens is 1. The highest BCUT2D eigenvalue weighted by atomic mass is 16.5. The zero-order valence-corrected chi connectivity index (χ0v) is 8.81. The van der Waals surface area contributed by atoms with Crippen LogP contribution in [0.5, 0.6) is 0 Å². The fourth-order valence-electron chi connectivity index (χ4n) is 2.18. The minimum absolute atomic E-state index is 0.0706. The molecule has 0 saturated heterocycles. The Labute approximate surface area is 88.6 Å². The molecule has 0 aromatic carbocycles. The van der Waals surface area contributed by atoms with Gasteiger partial charge in [-0.15, -0.1) is 0 Å². The van der Waals surface area contributed by atoms with Crippen molar-refractivity contribution in [1.82, 2.24) is 4.98 Å². The van der Waals surface area contributed by atoms with Crippen molar-refractivity contribution in [3.63, 3.8) is 0 Å². The van der Waals surface area contributed by atoms with E-state index in [0.717, 1.165) is 31.6 Å². The molecule has 82 valence electrons. The van der Waals surface area contributed by atoms with Gasteiger partial charge in [-0.1, -0.05) is 0 Å². The van der Waals surface area contributed by atoms with E-state index in [2.05, 4.69) is 4.98 Å². The van der Waals surface area contributed by atoms with Gasteiger partial charge in [0.15, 0.2) is 5.89 Å². The van der Waals surface area contributed by atoms with E-state index in [1.165, 1.54) is 7.11 Å². The van der Waals surface area contributed by atoms with E-state index < -0.39 is 0 Å². The molecule has 4 nitrogen and oxygen atoms in total. The zero-order valence-electron chi connectivity index (χ0n) is 8.81. The van der Waals surface area contributed by atoms with Gasteiger partial charge >= 0.3 is 5.97 Å². The summed E-state index contributed by atoms with van der Waals surface area (Å²) in [6.07, 6.45) is 6.93. The third-order valence-corrected chi connectivity index (χ3v) is 3.06. The average molecular weight is 209 g/mol. The zero-order chi connectivity index (χ0) is 10.7. The van der Waals surface area contributed by atoms with Crippen molar-refractivity contribution in [2.45, 2.75) is 31.6 Å². The lowest BCUT2D eigenvalue weighted by Gasteiger charge is -2.24. The summed E-state index contributed by atoms with van der Waals surface area (Å²) in [5.41, 5.74) is 0. The Hall–Kier alpha value is -1.32. The summed E-state index contributed by atoms with van der Waals surface area (Å²) in [5.74, 6) is 1.17. The molecule has 0 radical (unpaired) electrons. The number of hydrogen-bond acceptors (Lipinski definition) is 4. The molecule has 0 bridgehead atoms. The largest absolute Gasteiger partial charge is 0.469 e. The summed E-state index contributed by atoms with van der Waals surface area (Å²) >= 11 is 0. The van der Waals surface area contributed by atoms with Crippen molar-refractivity contribution in [2.24, 2.45) is 5.92 Å². The Morgan fingerprint density at radius 3 is 2.73 bits per heavy atom. The third-order valence-electron chi connectivity index (χ3n) is 3.06. The Morgan fingerprint density at radius 1 is 1.47 bits per heavy atom. The van der Waals surface area contributed by atoms with Crippen molar-refractivity contribution in [3.8, 4) is 0 Å². The molecule has 2 rings (SSSR count). The molecule has 0 spiro atoms. The van der Waals surface area contributed by atoms with E-state index in [0.29, 0.717) is 5.92 Å². The second-order valence-electron chi connectivity index (χ2n) is 3.94. The molecule has 1 heterocycles. The number of ether oxygens (including phenoxy) is 1. The minimum Gasteiger partial charge on any atom is -0.469 e. The molecule has 0 amide bonds. The van der Waals surface area contributed by atoms with Gasteiger partial charge in [0.05, 0.1) is 19.2 Å². The molecule has 0 atom stereocenters. The van der Waals surface area contributed by atoms with Crippen molar-refractivity contribution in [3.05, 3.63) is 18.4 Å². The Morgan fingerprint density at radius 2 is 2.20 bits per heavy atom. The van der Waals surface area contributed by atoms with Crippen molar-refractivity contribution in [1.29, 1.82) is 0 Å². The third kappa shape index (κ3) is 2.19. The topological polar surface area (TPSA) is 52.3 Å². The molecular weight excluding hydrogens is 194 g/mol. The normalized spacial score (nSPS) is 26.2. The van der Waals surface area contributed by atoms with Gasteiger partial charge in [-0.05, 0) is 25.7 Å². The van der Waals surface area contributed by atoms with Gasteiger partial charge in [0.1, 0.15) is 6.26 Å². The van der Waals surface area contributed by atoms with Crippen LogP contribution < -0.4 is 0 Å². The molecule has 1 aliphatic carbocycles. The van der Waals surface area contributed by atoms with Gasteiger partial charge in [0, 0.05) is 5.92 Å². The molecule has 0 N–H and O–H groups in total. The molecule has 1 aromatic rings. The van der Waals surface area contributed by atoms with Crippen LogP contribution in [-0.2, 0) is 9.53 Å². The summed E-state index contributed by atoms with van der Waals surface area (Å²) < 4.78 is 10.0. The predicted molar refractivity (Wildman–Crippen MR) is 53.2 cm³/mol. The van der Waals surface area contributed by atoms with Crippen LogP contribution in [-0.4, -0.2) is 18.1 Å². The van der Waals surface area contributed by atoms with E-state index in [9.17, 15) is 4.79 Å². The average Bonchev–Trinajstić information content (AvgIpc) is 2.82. The van der Waals surface area contributed by atoms with Crippen LogP contribution in [0.4, 0.5) is 0 Å². The SMILES string of the molecule is COC(=O)[C@H]1CC[C@H](c2ncco2)CC1. The maximum Gasteiger partial charge on any atom is 0.308 e. The lowest BCUT2D eigenvalue weighted by molar-refractivity contribution is -0.146. The van der Waals surface area contributed by atoms with Gasteiger partial charge in [-0.25, -0.2) is 4.98 Å². The lowest BCUT2D eigenvalue weighted by atomic mass is 9.82. The molecule has 0 unspecified atom stereocenters. The molecule has 0 aliphatic heterocycles. The summed E-state index contributed by atoms with van der Waals surface area (Å²) in [6, 6.07) is 0. The molecule has 1 saturated carbocycles. The number of carbonyl (C=O) groups excluding carboxylic acids is 1. The second kappa shape index (κ2) is 4.47. The van der Waals surface area contributed by atoms with E-state index in [4.69, 9.17) is 9.15 Å². The molecular formula is C11H15NO3. The van der Waals surface area contributed by atoms with Gasteiger partial charge in [0.25, 0.3) is 0 Å². The number of oxazole rings is 1. The van der Waals surface area contributed by atoms with Crippen LogP contribution in [0.25, 0.3) is 0 Å². The fraction of sp³-hybridized carbons (Fsp3) is 0.636. The van der Waals surface area contributed by atoms with Gasteiger partial charge in [-0.3, -0.25) is 4.79 Å². The van der Waals surface area contributed by atoms with Gasteiger partial charge in [0.2, 0.25) is 0 Å². The smallest absolute Gasteiger partial charge is 0.308 e. The number of methoxy groups -OCH3 is 1. The first kappa shape index (κ1) is 10.2. The highest BCUT2D eigenvalue weighted by Crippen LogP contribution is 2.35. The van der Waals surface area contributed by atoms with Crippen LogP contribution in [0.2, 0.25) is 0 Å². The number of rotatable bonds is 2. The first-order valence-corrected chi connectivity index (χ1v) is 5.28. The van der Waals surface area contributed by atoms with E-state index in [1.54, 1.807) is 12.5 Å². The standard InChI is InChI=1S/C11H15NO3/c1-14-11(13)9-4-2-8(3-5-9)10-12-6-7-15-10/h6-9H,2-5H2,1H3/t8-,9-. The first-order chi connectivity index (χ1) is 7.31. The van der Waals surface area contributed by atoms with Crippen LogP contribution in [0, 0.1) is 5.92 Å². The predicted octanol–water partition coefficient (Wildman–Crippen LogP) is 2.12. The number of carbonyl (C=O) groups is 1. The Balaban J connectivity index is 1.90. The number of hydrogen-bond donors (Lipinski definition) is 0. The van der Waals surface area contributed by atoms with Crippen molar-refractivity contribution in [2.75, 3.05) is 7.11 Å². The maximum atomic E-state index is 11.3. The lowest BCUT2D eigenvalue weighted by Crippen LogP contribution is -2.22. The minimum atomic E-state index is -0.0825. The number of nitrogens with zero attached hydrogens (tertiary/aromatic N) is 1. The quantitative estimate of drug-likeness (QED) is 0.700. The summed E-state index contributed by atoms with van der Waals surface area (Å²) in [5, 5.41) is 0. The highest BCUT2D eigenvalue weighted by molar-refractivity contribution is 5.72. The van der Waals surface area contributed by atoms with Crippen LogP contribution in [0.15, 0.2) is 16.9 Å². The van der Waals surface area contributed by atoms with Crippen LogP contribution in [0.1, 0.15) is 37.5 Å². The van der Waals surface area contributed by atoms with Gasteiger partial charge in [-0.2, -0.15) is 0 Å². The first-order valence-electron chi connectivity index (χ1n) is 5.28. The summed E-state index contributed by atoms with van der Waals surface area (Å²) in [4.78, 5) is 15.4. The summed E-state index contributed by atoms with van der Waals surface area (Å²) in [7, 11) is 1.45. The van der Waals surface area contributed by atoms with Crippen LogP contribution in [0.3, 0.4) is 0 Å². The van der Waals surface area contributed by atoms with Crippen molar-refractivity contribution >= 4 is 5.97 Å². The summed E-state index contributed by atoms with van der Waals surface area (Å²) in [6.45, 7) is 0. The van der Waals surface area contributed by atoms with Crippen LogP contribution >= 0.6 is 0 Å².